The molecule has 3 amide bonds. The Hall–Kier alpha value is -4.03. The maximum Gasteiger partial charge on any atom is 0.247 e. The second-order valence-electron chi connectivity index (χ2n) is 11.4. The van der Waals surface area contributed by atoms with E-state index in [1.807, 2.05) is 45.0 Å². The van der Waals surface area contributed by atoms with E-state index < -0.39 is 41.0 Å². The zero-order chi connectivity index (χ0) is 29.6. The van der Waals surface area contributed by atoms with E-state index >= 15 is 0 Å². The molecule has 6 atom stereocenters. The van der Waals surface area contributed by atoms with Gasteiger partial charge in [0.25, 0.3) is 0 Å². The van der Waals surface area contributed by atoms with Gasteiger partial charge in [0.2, 0.25) is 17.7 Å². The molecule has 42 heavy (non-hydrogen) atoms. The molecule has 1 aromatic heterocycles. The van der Waals surface area contributed by atoms with Gasteiger partial charge >= 0.3 is 0 Å². The number of likely N-dealkylation sites (tertiary alicyclic amines) is 1. The molecule has 3 aromatic rings. The number of ether oxygens (including phenoxy) is 2. The third-order valence-corrected chi connectivity index (χ3v) is 9.08. The number of nitrogens with one attached hydrogen (secondary N) is 2. The van der Waals surface area contributed by atoms with Gasteiger partial charge in [-0.15, -0.1) is 5.10 Å². The lowest BCUT2D eigenvalue weighted by Crippen LogP contribution is -2.58. The molecule has 222 valence electrons. The van der Waals surface area contributed by atoms with Crippen molar-refractivity contribution in [1.29, 1.82) is 0 Å². The molecule has 3 saturated heterocycles. The third kappa shape index (κ3) is 4.31. The highest BCUT2D eigenvalue weighted by Gasteiger charge is 2.78. The Balaban J connectivity index is 1.30. The van der Waals surface area contributed by atoms with Gasteiger partial charge in [0.15, 0.2) is 0 Å². The molecule has 0 aliphatic carbocycles. The van der Waals surface area contributed by atoms with E-state index in [2.05, 4.69) is 20.9 Å². The number of aliphatic hydroxyl groups excluding tert-OH is 1. The molecule has 1 spiro atoms. The van der Waals surface area contributed by atoms with E-state index in [1.54, 1.807) is 28.9 Å². The van der Waals surface area contributed by atoms with Crippen molar-refractivity contribution >= 4 is 34.4 Å². The summed E-state index contributed by atoms with van der Waals surface area (Å²) in [6.07, 6.45) is 1.39. The van der Waals surface area contributed by atoms with E-state index in [0.717, 1.165) is 5.52 Å². The second-order valence-corrected chi connectivity index (χ2v) is 11.4. The fourth-order valence-electron chi connectivity index (χ4n) is 7.18. The normalized spacial score (nSPS) is 28.6. The van der Waals surface area contributed by atoms with Gasteiger partial charge in [0.1, 0.15) is 29.6 Å². The molecule has 3 aliphatic rings. The van der Waals surface area contributed by atoms with Crippen molar-refractivity contribution in [3.63, 3.8) is 0 Å². The molecule has 0 saturated carbocycles. The lowest BCUT2D eigenvalue weighted by Gasteiger charge is -2.36. The lowest BCUT2D eigenvalue weighted by atomic mass is 9.66. The van der Waals surface area contributed by atoms with E-state index in [9.17, 15) is 19.5 Å². The van der Waals surface area contributed by atoms with Gasteiger partial charge in [-0.1, -0.05) is 24.3 Å². The number of hydrogen-bond acceptors (Lipinski definition) is 8. The molecule has 12 nitrogen and oxygen atoms in total. The van der Waals surface area contributed by atoms with Crippen LogP contribution in [0.15, 0.2) is 48.5 Å². The number of fused-ring (bicyclic) bond motifs is 2. The van der Waals surface area contributed by atoms with Crippen molar-refractivity contribution in [2.75, 3.05) is 18.5 Å². The molecule has 2 bridgehead atoms. The first kappa shape index (κ1) is 28.1. The minimum absolute atomic E-state index is 0.0352. The smallest absolute Gasteiger partial charge is 0.247 e. The number of aromatic nitrogens is 3. The van der Waals surface area contributed by atoms with Crippen LogP contribution in [0.25, 0.3) is 11.0 Å². The number of amides is 3. The molecule has 12 heteroatoms. The fraction of sp³-hybridized carbons (Fsp3) is 0.500. The van der Waals surface area contributed by atoms with Crippen LogP contribution in [0.3, 0.4) is 0 Å². The molecule has 3 aliphatic heterocycles. The number of benzene rings is 2. The molecular weight excluding hydrogens is 540 g/mol. The zero-order valence-corrected chi connectivity index (χ0v) is 23.9. The second kappa shape index (κ2) is 10.7. The van der Waals surface area contributed by atoms with Crippen molar-refractivity contribution in [3.05, 3.63) is 48.5 Å². The van der Waals surface area contributed by atoms with E-state index in [1.165, 1.54) is 4.90 Å². The number of aliphatic hydroxyl groups is 1. The first-order chi connectivity index (χ1) is 20.3. The van der Waals surface area contributed by atoms with E-state index in [-0.39, 0.29) is 25.1 Å². The van der Waals surface area contributed by atoms with Crippen LogP contribution in [-0.4, -0.2) is 79.2 Å². The van der Waals surface area contributed by atoms with Crippen molar-refractivity contribution in [1.82, 2.24) is 25.2 Å². The highest BCUT2D eigenvalue weighted by Crippen LogP contribution is 2.63. The van der Waals surface area contributed by atoms with Crippen molar-refractivity contribution < 1.29 is 29.0 Å². The number of carbonyl (C=O) groups is 3. The largest absolute Gasteiger partial charge is 0.494 e. The van der Waals surface area contributed by atoms with Crippen LogP contribution >= 0.6 is 0 Å². The van der Waals surface area contributed by atoms with Gasteiger partial charge in [-0.2, -0.15) is 0 Å². The van der Waals surface area contributed by atoms with Crippen LogP contribution in [0, 0.1) is 11.8 Å². The van der Waals surface area contributed by atoms with Crippen LogP contribution in [0.4, 0.5) is 5.69 Å². The van der Waals surface area contributed by atoms with Crippen molar-refractivity contribution in [3.8, 4) is 5.75 Å². The molecule has 0 radical (unpaired) electrons. The van der Waals surface area contributed by atoms with Crippen molar-refractivity contribution in [2.45, 2.75) is 70.0 Å². The Morgan fingerprint density at radius 3 is 2.62 bits per heavy atom. The minimum Gasteiger partial charge on any atom is -0.494 e. The van der Waals surface area contributed by atoms with Crippen LogP contribution in [0.5, 0.6) is 5.75 Å². The Kier molecular flexibility index (Phi) is 7.14. The Bertz CT molecular complexity index is 1510. The summed E-state index contributed by atoms with van der Waals surface area (Å²) >= 11 is 0. The molecule has 3 fully saturated rings. The predicted octanol–water partition coefficient (Wildman–Crippen LogP) is 2.08. The van der Waals surface area contributed by atoms with Gasteiger partial charge in [-0.25, -0.2) is 4.68 Å². The quantitative estimate of drug-likeness (QED) is 0.332. The first-order valence-electron chi connectivity index (χ1n) is 14.5. The first-order valence-corrected chi connectivity index (χ1v) is 14.5. The van der Waals surface area contributed by atoms with E-state index in [0.29, 0.717) is 42.8 Å². The van der Waals surface area contributed by atoms with Crippen LogP contribution < -0.4 is 15.4 Å². The van der Waals surface area contributed by atoms with Gasteiger partial charge in [0, 0.05) is 5.69 Å². The maximum atomic E-state index is 14.2. The summed E-state index contributed by atoms with van der Waals surface area (Å²) in [6, 6.07) is 12.8. The number of carbonyl (C=O) groups excluding carboxylic acids is 3. The lowest BCUT2D eigenvalue weighted by molar-refractivity contribution is -0.149. The molecule has 2 aromatic carbocycles. The van der Waals surface area contributed by atoms with Gasteiger partial charge < -0.3 is 30.1 Å². The van der Waals surface area contributed by atoms with Crippen LogP contribution in [0.2, 0.25) is 0 Å². The maximum absolute atomic E-state index is 14.2. The average Bonchev–Trinajstić information content (AvgIpc) is 3.69. The van der Waals surface area contributed by atoms with Crippen LogP contribution in [-0.2, 0) is 25.8 Å². The molecule has 6 rings (SSSR count). The fourth-order valence-corrected chi connectivity index (χ4v) is 7.18. The third-order valence-electron chi connectivity index (χ3n) is 9.08. The summed E-state index contributed by atoms with van der Waals surface area (Å²) in [4.78, 5) is 43.5. The Morgan fingerprint density at radius 1 is 1.14 bits per heavy atom. The average molecular weight is 577 g/mol. The summed E-state index contributed by atoms with van der Waals surface area (Å²) in [5, 5.41) is 24.4. The topological polar surface area (TPSA) is 148 Å². The number of para-hydroxylation sites is 1. The number of hydrogen-bond donors (Lipinski definition) is 3. The van der Waals surface area contributed by atoms with Gasteiger partial charge in [-0.3, -0.25) is 14.4 Å². The van der Waals surface area contributed by atoms with Crippen LogP contribution in [0.1, 0.15) is 40.0 Å². The zero-order valence-electron chi connectivity index (χ0n) is 23.9. The monoisotopic (exact) mass is 576 g/mol. The summed E-state index contributed by atoms with van der Waals surface area (Å²) in [5.74, 6) is -2.11. The predicted molar refractivity (Wildman–Crippen MR) is 152 cm³/mol. The standard InChI is InChI=1S/C30H36N6O6/c1-4-19(16-37)36-25(27(39)31-17-35-22-9-7-6-8-21(22)33-34-35)30-15-14-29(3,42-30)23(24(30)28(36)40)26(38)32-18-10-12-20(13-11-18)41-5-2/h6-13,19,23-25,37H,4-5,14-17H2,1-3H3,(H,31,39)(H,32,38)/t19-,23+,24-,25?,29-,30?/m0/s1. The Morgan fingerprint density at radius 2 is 1.90 bits per heavy atom. The minimum atomic E-state index is -1.20. The van der Waals surface area contributed by atoms with Gasteiger partial charge in [-0.05, 0) is 69.5 Å². The summed E-state index contributed by atoms with van der Waals surface area (Å²) in [5.41, 5.74) is -0.108. The number of rotatable bonds is 10. The molecule has 2 unspecified atom stereocenters. The number of nitrogens with zero attached hydrogens (tertiary/aromatic N) is 4. The Labute approximate surface area is 243 Å². The molecular formula is C30H36N6O6. The summed E-state index contributed by atoms with van der Waals surface area (Å²) < 4.78 is 13.7. The molecule has 3 N–H and O–H groups in total. The highest BCUT2D eigenvalue weighted by molar-refractivity contribution is 6.02. The SMILES string of the molecule is CCOc1ccc(NC(=O)[C@H]2[C@H]3C(=O)N([C@@H](CC)CO)C(C(=O)NCn4nnc5ccccc54)C34CC[C@]2(C)O4)cc1. The molecule has 4 heterocycles. The summed E-state index contributed by atoms with van der Waals surface area (Å²) in [6.45, 7) is 5.85. The number of anilines is 1. The highest BCUT2D eigenvalue weighted by atomic mass is 16.5. The van der Waals surface area contributed by atoms with E-state index in [4.69, 9.17) is 9.47 Å². The summed E-state index contributed by atoms with van der Waals surface area (Å²) in [7, 11) is 0. The van der Waals surface area contributed by atoms with Gasteiger partial charge in [0.05, 0.1) is 42.2 Å². The van der Waals surface area contributed by atoms with Crippen molar-refractivity contribution in [2.24, 2.45) is 11.8 Å².